The van der Waals surface area contributed by atoms with E-state index in [-0.39, 0.29) is 23.9 Å². The molecule has 1 saturated heterocycles. The Morgan fingerprint density at radius 3 is 2.64 bits per heavy atom. The van der Waals surface area contributed by atoms with Crippen LogP contribution in [0.4, 0.5) is 16.3 Å². The predicted octanol–water partition coefficient (Wildman–Crippen LogP) is 3.37. The van der Waals surface area contributed by atoms with Crippen molar-refractivity contribution >= 4 is 27.4 Å². The molecule has 11 nitrogen and oxygen atoms in total. The van der Waals surface area contributed by atoms with E-state index in [0.717, 1.165) is 30.6 Å². The lowest BCUT2D eigenvalue weighted by molar-refractivity contribution is 0.0985. The number of nitrogens with zero attached hydrogens (tertiary/aromatic N) is 4. The Kier molecular flexibility index (Phi) is 6.76. The lowest BCUT2D eigenvalue weighted by Gasteiger charge is -2.41. The number of urea groups is 1. The number of hydrogen-bond acceptors (Lipinski definition) is 8. The van der Waals surface area contributed by atoms with Gasteiger partial charge in [-0.25, -0.2) is 28.2 Å². The van der Waals surface area contributed by atoms with E-state index in [0.29, 0.717) is 55.6 Å². The number of nitrogens with one attached hydrogen (secondary N) is 3. The molecule has 12 heteroatoms. The van der Waals surface area contributed by atoms with Crippen molar-refractivity contribution in [2.45, 2.75) is 61.6 Å². The monoisotopic (exact) mass is 551 g/mol. The molecule has 3 heterocycles. The van der Waals surface area contributed by atoms with Crippen molar-refractivity contribution in [1.29, 1.82) is 0 Å². The van der Waals surface area contributed by atoms with Gasteiger partial charge in [-0.1, -0.05) is 0 Å². The van der Waals surface area contributed by atoms with Gasteiger partial charge >= 0.3 is 6.03 Å². The maximum atomic E-state index is 13.6. The van der Waals surface area contributed by atoms with E-state index in [1.165, 1.54) is 0 Å². The topological polar surface area (TPSA) is 142 Å². The maximum absolute atomic E-state index is 13.6. The Balaban J connectivity index is 1.29. The van der Waals surface area contributed by atoms with Crippen LogP contribution >= 0.6 is 0 Å². The van der Waals surface area contributed by atoms with E-state index in [4.69, 9.17) is 14.7 Å². The minimum absolute atomic E-state index is 0.109. The molecule has 0 bridgehead atoms. The third kappa shape index (κ3) is 4.98. The first kappa shape index (κ1) is 25.8. The predicted molar refractivity (Wildman–Crippen MR) is 147 cm³/mol. The number of amides is 2. The van der Waals surface area contributed by atoms with Gasteiger partial charge in [-0.05, 0) is 63.3 Å². The van der Waals surface area contributed by atoms with Crippen LogP contribution in [0.2, 0.25) is 0 Å². The number of aromatic amines is 1. The smallest absolute Gasteiger partial charge is 0.319 e. The van der Waals surface area contributed by atoms with Crippen LogP contribution in [0, 0.1) is 0 Å². The second-order valence-corrected chi connectivity index (χ2v) is 13.1. The Morgan fingerprint density at radius 1 is 1.21 bits per heavy atom. The molecule has 206 valence electrons. The number of H-pyrrole nitrogens is 1. The van der Waals surface area contributed by atoms with Crippen LogP contribution in [0.3, 0.4) is 0 Å². The molecule has 39 heavy (non-hydrogen) atoms. The summed E-state index contributed by atoms with van der Waals surface area (Å²) in [5, 5.41) is 5.30. The SMILES string of the molecule is C[C@H]1COCCN1c1cc(C2(S(=O)(=O)C3CC3)CCC2)nc(-c2ccc(NC(=O)NCc3ncc[nH]3)cc2)n1. The molecule has 0 spiro atoms. The highest BCUT2D eigenvalue weighted by Gasteiger charge is 2.57. The van der Waals surface area contributed by atoms with Gasteiger partial charge in [0.25, 0.3) is 0 Å². The average Bonchev–Trinajstić information content (AvgIpc) is 3.64. The van der Waals surface area contributed by atoms with Crippen LogP contribution in [0.5, 0.6) is 0 Å². The molecule has 1 aliphatic heterocycles. The van der Waals surface area contributed by atoms with Crippen molar-refractivity contribution in [1.82, 2.24) is 25.3 Å². The molecular formula is C27H33N7O4S. The summed E-state index contributed by atoms with van der Waals surface area (Å²) < 4.78 is 31.9. The van der Waals surface area contributed by atoms with Crippen molar-refractivity contribution in [3.8, 4) is 11.4 Å². The van der Waals surface area contributed by atoms with Crippen molar-refractivity contribution in [3.05, 3.63) is 54.2 Å². The molecule has 2 amide bonds. The minimum atomic E-state index is -3.34. The molecule has 3 fully saturated rings. The summed E-state index contributed by atoms with van der Waals surface area (Å²) in [6.07, 6.45) is 6.86. The van der Waals surface area contributed by atoms with Gasteiger partial charge < -0.3 is 25.3 Å². The summed E-state index contributed by atoms with van der Waals surface area (Å²) in [6, 6.07) is 8.91. The van der Waals surface area contributed by atoms with Crippen molar-refractivity contribution in [2.75, 3.05) is 30.0 Å². The first-order valence-corrected chi connectivity index (χ1v) is 15.0. The molecular weight excluding hydrogens is 518 g/mol. The lowest BCUT2D eigenvalue weighted by Crippen LogP contribution is -2.46. The van der Waals surface area contributed by atoms with E-state index in [9.17, 15) is 13.2 Å². The van der Waals surface area contributed by atoms with Gasteiger partial charge in [0, 0.05) is 36.3 Å². The number of anilines is 2. The Morgan fingerprint density at radius 2 is 2.00 bits per heavy atom. The molecule has 0 unspecified atom stereocenters. The van der Waals surface area contributed by atoms with E-state index in [2.05, 4.69) is 32.4 Å². The lowest BCUT2D eigenvalue weighted by atomic mass is 9.81. The van der Waals surface area contributed by atoms with Gasteiger partial charge in [0.1, 0.15) is 16.4 Å². The number of rotatable bonds is 8. The highest BCUT2D eigenvalue weighted by atomic mass is 32.2. The van der Waals surface area contributed by atoms with E-state index in [1.807, 2.05) is 18.2 Å². The van der Waals surface area contributed by atoms with Crippen LogP contribution in [0.1, 0.15) is 50.5 Å². The highest BCUT2D eigenvalue weighted by molar-refractivity contribution is 7.93. The number of aromatic nitrogens is 4. The summed E-state index contributed by atoms with van der Waals surface area (Å²) in [5.41, 5.74) is 1.96. The zero-order valence-corrected chi connectivity index (χ0v) is 22.7. The maximum Gasteiger partial charge on any atom is 0.319 e. The van der Waals surface area contributed by atoms with Crippen LogP contribution < -0.4 is 15.5 Å². The zero-order chi connectivity index (χ0) is 27.0. The normalized spacial score (nSPS) is 20.7. The highest BCUT2D eigenvalue weighted by Crippen LogP contribution is 2.53. The number of sulfone groups is 1. The van der Waals surface area contributed by atoms with Gasteiger partial charge in [0.2, 0.25) is 0 Å². The molecule has 3 aliphatic rings. The van der Waals surface area contributed by atoms with Crippen LogP contribution in [0.15, 0.2) is 42.7 Å². The second-order valence-electron chi connectivity index (χ2n) is 10.6. The molecule has 1 aromatic carbocycles. The molecule has 0 radical (unpaired) electrons. The standard InChI is InChI=1S/C27H33N7O4S/c1-18-17-38-14-13-34(18)24-15-22(27(9-2-10-27)39(36,37)21-7-8-21)32-25(33-24)19-3-5-20(6-4-19)31-26(35)30-16-23-28-11-12-29-23/h3-6,11-12,15,18,21H,2,7-10,13-14,16-17H2,1H3,(H,28,29)(H2,30,31,35)/t18-/m0/s1. The van der Waals surface area contributed by atoms with E-state index in [1.54, 1.807) is 24.5 Å². The molecule has 2 saturated carbocycles. The number of carbonyl (C=O) groups is 1. The van der Waals surface area contributed by atoms with Crippen molar-refractivity contribution in [3.63, 3.8) is 0 Å². The van der Waals surface area contributed by atoms with Crippen molar-refractivity contribution < 1.29 is 17.9 Å². The molecule has 3 aromatic rings. The average molecular weight is 552 g/mol. The number of benzene rings is 1. The Labute approximate surface area is 227 Å². The Bertz CT molecular complexity index is 1440. The van der Waals surface area contributed by atoms with E-state index >= 15 is 0 Å². The number of ether oxygens (including phenoxy) is 1. The largest absolute Gasteiger partial charge is 0.377 e. The fourth-order valence-corrected chi connectivity index (χ4v) is 7.98. The fraction of sp³-hybridized carbons (Fsp3) is 0.481. The van der Waals surface area contributed by atoms with Gasteiger partial charge in [-0.15, -0.1) is 0 Å². The first-order chi connectivity index (χ1) is 18.9. The molecule has 1 atom stereocenters. The molecule has 2 aromatic heterocycles. The molecule has 3 N–H and O–H groups in total. The third-order valence-corrected chi connectivity index (χ3v) is 10.9. The zero-order valence-electron chi connectivity index (χ0n) is 21.9. The first-order valence-electron chi connectivity index (χ1n) is 13.5. The van der Waals surface area contributed by atoms with Gasteiger partial charge in [0.05, 0.1) is 36.7 Å². The van der Waals surface area contributed by atoms with Gasteiger partial charge in [-0.3, -0.25) is 0 Å². The second kappa shape index (κ2) is 10.2. The van der Waals surface area contributed by atoms with Crippen LogP contribution in [0.25, 0.3) is 11.4 Å². The summed E-state index contributed by atoms with van der Waals surface area (Å²) >= 11 is 0. The van der Waals surface area contributed by atoms with Gasteiger partial charge in [-0.2, -0.15) is 0 Å². The Hall–Kier alpha value is -3.51. The van der Waals surface area contributed by atoms with Crippen LogP contribution in [-0.2, 0) is 25.9 Å². The van der Waals surface area contributed by atoms with E-state index < -0.39 is 14.6 Å². The number of morpholine rings is 1. The summed E-state index contributed by atoms with van der Waals surface area (Å²) in [4.78, 5) is 31.3. The quantitative estimate of drug-likeness (QED) is 0.387. The number of hydrogen-bond donors (Lipinski definition) is 3. The fourth-order valence-electron chi connectivity index (χ4n) is 5.33. The summed E-state index contributed by atoms with van der Waals surface area (Å²) in [7, 11) is -3.34. The molecule has 6 rings (SSSR count). The van der Waals surface area contributed by atoms with Gasteiger partial charge in [0.15, 0.2) is 15.7 Å². The van der Waals surface area contributed by atoms with Crippen molar-refractivity contribution in [2.24, 2.45) is 0 Å². The number of carbonyl (C=O) groups excluding carboxylic acids is 1. The third-order valence-electron chi connectivity index (χ3n) is 7.88. The summed E-state index contributed by atoms with van der Waals surface area (Å²) in [6.45, 7) is 4.22. The summed E-state index contributed by atoms with van der Waals surface area (Å²) in [5.74, 6) is 1.87. The molecule has 2 aliphatic carbocycles. The minimum Gasteiger partial charge on any atom is -0.377 e. The van der Waals surface area contributed by atoms with Crippen LogP contribution in [-0.4, -0.2) is 65.4 Å². The number of imidazole rings is 1.